The number of aromatic nitrogens is 4. The molecule has 0 bridgehead atoms. The van der Waals surface area contributed by atoms with Gasteiger partial charge in [-0.25, -0.2) is 4.98 Å². The molecule has 0 spiro atoms. The van der Waals surface area contributed by atoms with Crippen LogP contribution in [-0.4, -0.2) is 19.7 Å². The van der Waals surface area contributed by atoms with Gasteiger partial charge in [0.15, 0.2) is 5.01 Å². The van der Waals surface area contributed by atoms with E-state index in [9.17, 15) is 0 Å². The standard InChI is InChI=1S/C29H23Cl3N4S/c1-17(2)25-24(27-34-35-28(37-27)29(14-15-29)18-6-4-3-5-7-18)33-26(22-13-10-20(31)16-23(22)32)36(25)21-11-8-19(30)9-12-21/h3-13,16-17H,14-15H2,1-2H3. The summed E-state index contributed by atoms with van der Waals surface area (Å²) >= 11 is 20.8. The zero-order chi connectivity index (χ0) is 25.7. The van der Waals surface area contributed by atoms with Gasteiger partial charge in [-0.2, -0.15) is 0 Å². The number of benzene rings is 3. The van der Waals surface area contributed by atoms with Crippen LogP contribution in [0.15, 0.2) is 72.8 Å². The van der Waals surface area contributed by atoms with Crippen LogP contribution in [0.4, 0.5) is 0 Å². The van der Waals surface area contributed by atoms with Gasteiger partial charge in [-0.3, -0.25) is 4.57 Å². The summed E-state index contributed by atoms with van der Waals surface area (Å²) in [4.78, 5) is 5.16. The van der Waals surface area contributed by atoms with Gasteiger partial charge in [-0.1, -0.05) is 90.3 Å². The van der Waals surface area contributed by atoms with Gasteiger partial charge < -0.3 is 0 Å². The van der Waals surface area contributed by atoms with Crippen LogP contribution in [0.1, 0.15) is 48.9 Å². The van der Waals surface area contributed by atoms with Crippen molar-refractivity contribution in [2.75, 3.05) is 0 Å². The third-order valence-corrected chi connectivity index (χ3v) is 8.76. The van der Waals surface area contributed by atoms with Gasteiger partial charge >= 0.3 is 0 Å². The lowest BCUT2D eigenvalue weighted by Crippen LogP contribution is -2.07. The normalized spacial score (nSPS) is 14.3. The molecule has 8 heteroatoms. The minimum Gasteiger partial charge on any atom is -0.296 e. The van der Waals surface area contributed by atoms with E-state index >= 15 is 0 Å². The predicted molar refractivity (Wildman–Crippen MR) is 153 cm³/mol. The number of hydrogen-bond donors (Lipinski definition) is 0. The van der Waals surface area contributed by atoms with Crippen LogP contribution in [-0.2, 0) is 5.41 Å². The van der Waals surface area contributed by atoms with Crippen LogP contribution in [0.25, 0.3) is 27.8 Å². The van der Waals surface area contributed by atoms with Crippen LogP contribution in [0, 0.1) is 0 Å². The summed E-state index contributed by atoms with van der Waals surface area (Å²) in [6, 6.07) is 23.8. The van der Waals surface area contributed by atoms with Crippen LogP contribution in [0.2, 0.25) is 15.1 Å². The second-order valence-electron chi connectivity index (χ2n) is 9.62. The average molecular weight is 566 g/mol. The second kappa shape index (κ2) is 9.55. The summed E-state index contributed by atoms with van der Waals surface area (Å²) in [5, 5.41) is 13.0. The lowest BCUT2D eigenvalue weighted by molar-refractivity contribution is 0.790. The fourth-order valence-electron chi connectivity index (χ4n) is 4.85. The fourth-order valence-corrected chi connectivity index (χ4v) is 6.58. The molecule has 37 heavy (non-hydrogen) atoms. The summed E-state index contributed by atoms with van der Waals surface area (Å²) in [5.74, 6) is 0.873. The molecule has 0 N–H and O–H groups in total. The van der Waals surface area contributed by atoms with E-state index in [4.69, 9.17) is 39.8 Å². The number of imidazole rings is 1. The molecule has 0 unspecified atom stereocenters. The zero-order valence-electron chi connectivity index (χ0n) is 20.3. The molecule has 4 nitrogen and oxygen atoms in total. The van der Waals surface area contributed by atoms with E-state index in [0.29, 0.717) is 15.1 Å². The van der Waals surface area contributed by atoms with E-state index in [1.165, 1.54) is 5.56 Å². The third kappa shape index (κ3) is 4.38. The Balaban J connectivity index is 1.55. The maximum Gasteiger partial charge on any atom is 0.168 e. The van der Waals surface area contributed by atoms with Gasteiger partial charge in [-0.15, -0.1) is 10.2 Å². The molecule has 3 aromatic carbocycles. The second-order valence-corrected chi connectivity index (χ2v) is 11.9. The summed E-state index contributed by atoms with van der Waals surface area (Å²) in [5.41, 5.74) is 4.84. The highest BCUT2D eigenvalue weighted by Crippen LogP contribution is 2.55. The number of halogens is 3. The monoisotopic (exact) mass is 564 g/mol. The first-order valence-electron chi connectivity index (χ1n) is 12.1. The van der Waals surface area contributed by atoms with Crippen LogP contribution < -0.4 is 0 Å². The Kier molecular flexibility index (Phi) is 6.36. The number of hydrogen-bond acceptors (Lipinski definition) is 4. The Morgan fingerprint density at radius 2 is 1.57 bits per heavy atom. The molecule has 0 atom stereocenters. The molecule has 6 rings (SSSR count). The van der Waals surface area contributed by atoms with Gasteiger partial charge in [-0.05, 0) is 66.8 Å². The number of rotatable bonds is 6. The summed E-state index contributed by atoms with van der Waals surface area (Å²) in [6.07, 6.45) is 2.15. The van der Waals surface area contributed by atoms with E-state index in [2.05, 4.69) is 52.9 Å². The van der Waals surface area contributed by atoms with Crippen LogP contribution in [0.5, 0.6) is 0 Å². The minimum absolute atomic E-state index is 0.0454. The summed E-state index contributed by atoms with van der Waals surface area (Å²) < 4.78 is 2.15. The third-order valence-electron chi connectivity index (χ3n) is 6.83. The number of nitrogens with zero attached hydrogens (tertiary/aromatic N) is 4. The van der Waals surface area contributed by atoms with Crippen LogP contribution >= 0.6 is 46.1 Å². The van der Waals surface area contributed by atoms with Gasteiger partial charge in [0.1, 0.15) is 16.5 Å². The van der Waals surface area contributed by atoms with Crippen molar-refractivity contribution < 1.29 is 0 Å². The molecular formula is C29H23Cl3N4S. The Bertz CT molecular complexity index is 1590. The van der Waals surface area contributed by atoms with Gasteiger partial charge in [0.05, 0.1) is 10.7 Å². The minimum atomic E-state index is -0.0454. The smallest absolute Gasteiger partial charge is 0.168 e. The molecule has 0 aliphatic heterocycles. The first-order chi connectivity index (χ1) is 17.9. The molecule has 186 valence electrons. The molecular weight excluding hydrogens is 543 g/mol. The Labute approximate surface area is 234 Å². The van der Waals surface area contributed by atoms with Gasteiger partial charge in [0.2, 0.25) is 0 Å². The maximum absolute atomic E-state index is 6.69. The van der Waals surface area contributed by atoms with Crippen LogP contribution in [0.3, 0.4) is 0 Å². The molecule has 0 radical (unpaired) electrons. The van der Waals surface area contributed by atoms with Gasteiger partial charge in [0, 0.05) is 26.7 Å². The molecule has 1 aliphatic carbocycles. The molecule has 1 fully saturated rings. The van der Waals surface area contributed by atoms with Crippen molar-refractivity contribution in [1.82, 2.24) is 19.7 Å². The lowest BCUT2D eigenvalue weighted by Gasteiger charge is -2.16. The van der Waals surface area contributed by atoms with E-state index in [1.54, 1.807) is 17.4 Å². The zero-order valence-corrected chi connectivity index (χ0v) is 23.3. The SMILES string of the molecule is CC(C)c1c(-c2nnc(C3(c4ccccc4)CC3)s2)nc(-c2ccc(Cl)cc2Cl)n1-c1ccc(Cl)cc1. The molecule has 1 aliphatic rings. The highest BCUT2D eigenvalue weighted by atomic mass is 35.5. The van der Waals surface area contributed by atoms with Crippen molar-refractivity contribution in [3.8, 4) is 27.8 Å². The Morgan fingerprint density at radius 3 is 2.22 bits per heavy atom. The van der Waals surface area contributed by atoms with Crippen molar-refractivity contribution >= 4 is 46.1 Å². The van der Waals surface area contributed by atoms with Gasteiger partial charge in [0.25, 0.3) is 0 Å². The molecule has 0 saturated heterocycles. The van der Waals surface area contributed by atoms with E-state index < -0.39 is 0 Å². The summed E-state index contributed by atoms with van der Waals surface area (Å²) in [6.45, 7) is 4.32. The average Bonchev–Trinajstić information content (AvgIpc) is 3.37. The first-order valence-corrected chi connectivity index (χ1v) is 14.1. The maximum atomic E-state index is 6.69. The van der Waals surface area contributed by atoms with E-state index in [1.807, 2.05) is 42.5 Å². The lowest BCUT2D eigenvalue weighted by atomic mass is 9.97. The highest BCUT2D eigenvalue weighted by Gasteiger charge is 2.49. The molecule has 2 aromatic heterocycles. The van der Waals surface area contributed by atoms with Crippen molar-refractivity contribution in [1.29, 1.82) is 0 Å². The van der Waals surface area contributed by atoms with Crippen molar-refractivity contribution in [2.24, 2.45) is 0 Å². The summed E-state index contributed by atoms with van der Waals surface area (Å²) in [7, 11) is 0. The molecule has 2 heterocycles. The predicted octanol–water partition coefficient (Wildman–Crippen LogP) is 9.22. The highest BCUT2D eigenvalue weighted by molar-refractivity contribution is 7.14. The van der Waals surface area contributed by atoms with E-state index in [-0.39, 0.29) is 11.3 Å². The quantitative estimate of drug-likeness (QED) is 0.206. The van der Waals surface area contributed by atoms with Crippen molar-refractivity contribution in [3.63, 3.8) is 0 Å². The van der Waals surface area contributed by atoms with Crippen molar-refractivity contribution in [3.05, 3.63) is 104 Å². The Morgan fingerprint density at radius 1 is 0.865 bits per heavy atom. The van der Waals surface area contributed by atoms with Crippen molar-refractivity contribution in [2.45, 2.75) is 38.0 Å². The van der Waals surface area contributed by atoms with E-state index in [0.717, 1.165) is 51.3 Å². The first kappa shape index (κ1) is 24.6. The fraction of sp³-hybridized carbons (Fsp3) is 0.207. The largest absolute Gasteiger partial charge is 0.296 e. The topological polar surface area (TPSA) is 43.6 Å². The molecule has 5 aromatic rings. The molecule has 1 saturated carbocycles. The Hall–Kier alpha value is -2.70. The molecule has 0 amide bonds.